The Labute approximate surface area is 67.9 Å². The molecule has 0 saturated carbocycles. The molecule has 0 radical (unpaired) electrons. The smallest absolute Gasteiger partial charge is 0.306 e. The highest BCUT2D eigenvalue weighted by molar-refractivity contribution is 5.20. The lowest BCUT2D eigenvalue weighted by Crippen LogP contribution is -2.03. The Kier molecular flexibility index (Phi) is 1.54. The van der Waals surface area contributed by atoms with Crippen molar-refractivity contribution in [3.63, 3.8) is 0 Å². The van der Waals surface area contributed by atoms with E-state index in [0.29, 0.717) is 6.54 Å². The first-order valence-corrected chi connectivity index (χ1v) is 3.54. The van der Waals surface area contributed by atoms with Crippen LogP contribution in [0.1, 0.15) is 0 Å². The van der Waals surface area contributed by atoms with Crippen LogP contribution in [-0.4, -0.2) is 27.4 Å². The second-order valence-electron chi connectivity index (χ2n) is 2.63. The van der Waals surface area contributed by atoms with Gasteiger partial charge in [-0.15, -0.1) is 0 Å². The van der Waals surface area contributed by atoms with Crippen molar-refractivity contribution in [3.05, 3.63) is 22.5 Å². The minimum absolute atomic E-state index is 0.0238. The molecule has 6 heteroatoms. The summed E-state index contributed by atoms with van der Waals surface area (Å²) >= 11 is 0. The molecule has 0 N–H and O–H groups in total. The van der Waals surface area contributed by atoms with E-state index in [0.717, 1.165) is 6.61 Å². The minimum atomic E-state index is -0.461. The van der Waals surface area contributed by atoms with Crippen LogP contribution < -0.4 is 0 Å². The molecule has 0 bridgehead atoms. The van der Waals surface area contributed by atoms with Crippen molar-refractivity contribution in [1.82, 2.24) is 9.78 Å². The van der Waals surface area contributed by atoms with E-state index in [1.165, 1.54) is 17.1 Å². The van der Waals surface area contributed by atoms with Gasteiger partial charge in [0.25, 0.3) is 0 Å². The van der Waals surface area contributed by atoms with Crippen molar-refractivity contribution in [1.29, 1.82) is 0 Å². The van der Waals surface area contributed by atoms with Gasteiger partial charge in [-0.25, -0.2) is 0 Å². The van der Waals surface area contributed by atoms with Crippen LogP contribution in [0, 0.1) is 10.1 Å². The number of hydrogen-bond acceptors (Lipinski definition) is 4. The van der Waals surface area contributed by atoms with Gasteiger partial charge in [0.2, 0.25) is 0 Å². The Bertz CT molecular complexity index is 305. The van der Waals surface area contributed by atoms with Gasteiger partial charge in [0.15, 0.2) is 0 Å². The summed E-state index contributed by atoms with van der Waals surface area (Å²) < 4.78 is 6.48. The fraction of sp³-hybridized carbons (Fsp3) is 0.500. The number of rotatable bonds is 3. The third-order valence-electron chi connectivity index (χ3n) is 1.62. The van der Waals surface area contributed by atoms with Gasteiger partial charge >= 0.3 is 5.69 Å². The van der Waals surface area contributed by atoms with Gasteiger partial charge in [-0.2, -0.15) is 5.10 Å². The minimum Gasteiger partial charge on any atom is -0.371 e. The van der Waals surface area contributed by atoms with Gasteiger partial charge in [0.1, 0.15) is 18.5 Å². The topological polar surface area (TPSA) is 73.5 Å². The molecular formula is C6H7N3O3. The Hall–Kier alpha value is -1.43. The lowest BCUT2D eigenvalue weighted by molar-refractivity contribution is -0.385. The molecule has 0 aromatic carbocycles. The molecule has 2 rings (SSSR count). The Morgan fingerprint density at radius 1 is 1.92 bits per heavy atom. The molecule has 1 aromatic heterocycles. The number of ether oxygens (including phenoxy) is 1. The van der Waals surface area contributed by atoms with Crippen LogP contribution in [0.25, 0.3) is 0 Å². The molecule has 1 saturated heterocycles. The number of hydrogen-bond donors (Lipinski definition) is 0. The molecule has 1 unspecified atom stereocenters. The molecule has 2 heterocycles. The highest BCUT2D eigenvalue weighted by atomic mass is 16.6. The molecule has 1 atom stereocenters. The van der Waals surface area contributed by atoms with Crippen molar-refractivity contribution in [3.8, 4) is 0 Å². The molecule has 1 aliphatic rings. The van der Waals surface area contributed by atoms with Crippen molar-refractivity contribution < 1.29 is 9.66 Å². The van der Waals surface area contributed by atoms with E-state index in [2.05, 4.69) is 5.10 Å². The molecule has 0 aliphatic carbocycles. The van der Waals surface area contributed by atoms with Crippen LogP contribution in [0.2, 0.25) is 0 Å². The zero-order valence-electron chi connectivity index (χ0n) is 6.21. The van der Waals surface area contributed by atoms with Crippen LogP contribution >= 0.6 is 0 Å². The molecule has 0 spiro atoms. The van der Waals surface area contributed by atoms with Crippen molar-refractivity contribution in [2.75, 3.05) is 6.61 Å². The van der Waals surface area contributed by atoms with Crippen LogP contribution in [0.5, 0.6) is 0 Å². The summed E-state index contributed by atoms with van der Waals surface area (Å²) in [6.45, 7) is 1.33. The van der Waals surface area contributed by atoms with E-state index in [4.69, 9.17) is 4.74 Å². The SMILES string of the molecule is O=[N+]([O-])c1cnn(CC2CO2)c1. The second kappa shape index (κ2) is 2.56. The third-order valence-corrected chi connectivity index (χ3v) is 1.62. The molecular weight excluding hydrogens is 162 g/mol. The van der Waals surface area contributed by atoms with E-state index < -0.39 is 4.92 Å². The quantitative estimate of drug-likeness (QED) is 0.367. The number of nitrogens with zero attached hydrogens (tertiary/aromatic N) is 3. The predicted octanol–water partition coefficient (Wildman–Crippen LogP) is 0.190. The second-order valence-corrected chi connectivity index (χ2v) is 2.63. The average molecular weight is 169 g/mol. The van der Waals surface area contributed by atoms with E-state index in [1.807, 2.05) is 0 Å². The molecule has 12 heavy (non-hydrogen) atoms. The zero-order chi connectivity index (χ0) is 8.55. The van der Waals surface area contributed by atoms with Gasteiger partial charge < -0.3 is 4.74 Å². The summed E-state index contributed by atoms with van der Waals surface area (Å²) in [5.41, 5.74) is 0.0238. The highest BCUT2D eigenvalue weighted by Crippen LogP contribution is 2.13. The number of epoxide rings is 1. The van der Waals surface area contributed by atoms with Crippen molar-refractivity contribution in [2.24, 2.45) is 0 Å². The monoisotopic (exact) mass is 169 g/mol. The number of aromatic nitrogens is 2. The normalized spacial score (nSPS) is 20.8. The van der Waals surface area contributed by atoms with Crippen LogP contribution in [0.15, 0.2) is 12.4 Å². The predicted molar refractivity (Wildman–Crippen MR) is 38.6 cm³/mol. The first kappa shape index (κ1) is 7.23. The largest absolute Gasteiger partial charge is 0.371 e. The van der Waals surface area contributed by atoms with E-state index in [9.17, 15) is 10.1 Å². The standard InChI is InChI=1S/C6H7N3O3/c10-9(11)5-1-7-8(2-5)3-6-4-12-6/h1-2,6H,3-4H2. The zero-order valence-corrected chi connectivity index (χ0v) is 6.21. The van der Waals surface area contributed by atoms with E-state index in [1.54, 1.807) is 0 Å². The summed E-state index contributed by atoms with van der Waals surface area (Å²) in [4.78, 5) is 9.78. The summed E-state index contributed by atoms with van der Waals surface area (Å²) in [5, 5.41) is 14.0. The van der Waals surface area contributed by atoms with E-state index in [-0.39, 0.29) is 11.8 Å². The van der Waals surface area contributed by atoms with Gasteiger partial charge in [-0.05, 0) is 0 Å². The molecule has 1 aromatic rings. The molecule has 6 nitrogen and oxygen atoms in total. The molecule has 0 amide bonds. The first-order chi connectivity index (χ1) is 5.75. The number of nitro groups is 1. The van der Waals surface area contributed by atoms with Crippen LogP contribution in [0.3, 0.4) is 0 Å². The highest BCUT2D eigenvalue weighted by Gasteiger charge is 2.23. The lowest BCUT2D eigenvalue weighted by atomic mass is 10.5. The molecule has 1 aliphatic heterocycles. The van der Waals surface area contributed by atoms with Gasteiger partial charge in [0.05, 0.1) is 18.1 Å². The van der Waals surface area contributed by atoms with Crippen molar-refractivity contribution in [2.45, 2.75) is 12.6 Å². The van der Waals surface area contributed by atoms with Gasteiger partial charge in [0, 0.05) is 0 Å². The Morgan fingerprint density at radius 2 is 2.67 bits per heavy atom. The lowest BCUT2D eigenvalue weighted by Gasteiger charge is -1.92. The third kappa shape index (κ3) is 1.42. The fourth-order valence-corrected chi connectivity index (χ4v) is 0.929. The van der Waals surface area contributed by atoms with Crippen LogP contribution in [-0.2, 0) is 11.3 Å². The summed E-state index contributed by atoms with van der Waals surface area (Å²) in [6.07, 6.45) is 2.84. The fourth-order valence-electron chi connectivity index (χ4n) is 0.929. The van der Waals surface area contributed by atoms with Gasteiger partial charge in [-0.3, -0.25) is 14.8 Å². The average Bonchev–Trinajstić information content (AvgIpc) is 2.66. The van der Waals surface area contributed by atoms with Gasteiger partial charge in [-0.1, -0.05) is 0 Å². The molecule has 1 fully saturated rings. The van der Waals surface area contributed by atoms with Crippen LogP contribution in [0.4, 0.5) is 5.69 Å². The Morgan fingerprint density at radius 3 is 3.17 bits per heavy atom. The maximum Gasteiger partial charge on any atom is 0.306 e. The Balaban J connectivity index is 2.06. The summed E-state index contributed by atoms with van der Waals surface area (Å²) in [5.74, 6) is 0. The van der Waals surface area contributed by atoms with E-state index >= 15 is 0 Å². The first-order valence-electron chi connectivity index (χ1n) is 3.54. The summed E-state index contributed by atoms with van der Waals surface area (Å²) in [6, 6.07) is 0. The maximum atomic E-state index is 10.2. The molecule has 64 valence electrons. The van der Waals surface area contributed by atoms with Crippen molar-refractivity contribution >= 4 is 5.69 Å². The summed E-state index contributed by atoms with van der Waals surface area (Å²) in [7, 11) is 0. The maximum absolute atomic E-state index is 10.2.